The highest BCUT2D eigenvalue weighted by atomic mass is 16.5. The molecule has 0 radical (unpaired) electrons. The number of likely N-dealkylation sites (tertiary alicyclic amines) is 1. The maximum Gasteiger partial charge on any atom is 0.133 e. The van der Waals surface area contributed by atoms with Gasteiger partial charge in [0.2, 0.25) is 0 Å². The summed E-state index contributed by atoms with van der Waals surface area (Å²) in [6.45, 7) is 9.09. The summed E-state index contributed by atoms with van der Waals surface area (Å²) in [5.74, 6) is 0.884. The average molecular weight is 274 g/mol. The second-order valence-electron chi connectivity index (χ2n) is 5.80. The topological polar surface area (TPSA) is 47.1 Å². The number of hydrogen-bond donors (Lipinski definition) is 0. The third kappa shape index (κ3) is 2.77. The van der Waals surface area contributed by atoms with Crippen molar-refractivity contribution in [1.82, 2.24) is 19.8 Å². The van der Waals surface area contributed by atoms with E-state index in [-0.39, 0.29) is 0 Å². The standard InChI is InChI=1S/C15H22N4O/c1-11-7-12(2)19(16-11)10-15-5-4-6-18(15)9-14-8-13(3)20-17-14/h7-8,15H,4-6,9-10H2,1-3H3/t15-/m0/s1. The van der Waals surface area contributed by atoms with Crippen LogP contribution < -0.4 is 0 Å². The minimum atomic E-state index is 0.546. The van der Waals surface area contributed by atoms with Gasteiger partial charge in [-0.2, -0.15) is 5.10 Å². The third-order valence-corrected chi connectivity index (χ3v) is 4.03. The van der Waals surface area contributed by atoms with E-state index in [1.54, 1.807) is 0 Å². The van der Waals surface area contributed by atoms with Crippen molar-refractivity contribution >= 4 is 0 Å². The molecule has 1 aliphatic rings. The molecule has 0 aliphatic carbocycles. The van der Waals surface area contributed by atoms with E-state index in [0.717, 1.165) is 36.8 Å². The van der Waals surface area contributed by atoms with E-state index in [0.29, 0.717) is 6.04 Å². The van der Waals surface area contributed by atoms with Crippen LogP contribution in [0.1, 0.15) is 35.7 Å². The zero-order chi connectivity index (χ0) is 14.1. The van der Waals surface area contributed by atoms with Gasteiger partial charge in [-0.05, 0) is 46.2 Å². The van der Waals surface area contributed by atoms with Gasteiger partial charge in [0, 0.05) is 24.3 Å². The molecule has 1 fully saturated rings. The molecule has 1 aliphatic heterocycles. The van der Waals surface area contributed by atoms with Gasteiger partial charge in [0.1, 0.15) is 5.76 Å². The molecular formula is C15H22N4O. The Bertz CT molecular complexity index is 586. The smallest absolute Gasteiger partial charge is 0.133 e. The van der Waals surface area contributed by atoms with Gasteiger partial charge in [0.05, 0.1) is 17.9 Å². The van der Waals surface area contributed by atoms with Gasteiger partial charge < -0.3 is 4.52 Å². The molecule has 3 heterocycles. The third-order valence-electron chi connectivity index (χ3n) is 4.03. The van der Waals surface area contributed by atoms with Crippen LogP contribution in [-0.4, -0.2) is 32.4 Å². The first-order valence-electron chi connectivity index (χ1n) is 7.29. The van der Waals surface area contributed by atoms with Gasteiger partial charge in [-0.15, -0.1) is 0 Å². The molecule has 0 unspecified atom stereocenters. The predicted octanol–water partition coefficient (Wildman–Crippen LogP) is 2.46. The van der Waals surface area contributed by atoms with Crippen LogP contribution in [0.4, 0.5) is 0 Å². The van der Waals surface area contributed by atoms with Gasteiger partial charge in [-0.1, -0.05) is 5.16 Å². The largest absolute Gasteiger partial charge is 0.361 e. The van der Waals surface area contributed by atoms with Gasteiger partial charge in [0.25, 0.3) is 0 Å². The van der Waals surface area contributed by atoms with Crippen LogP contribution in [0.3, 0.4) is 0 Å². The SMILES string of the molecule is Cc1cc(C)n(C[C@@H]2CCCN2Cc2cc(C)on2)n1. The van der Waals surface area contributed by atoms with E-state index >= 15 is 0 Å². The number of hydrogen-bond acceptors (Lipinski definition) is 4. The Morgan fingerprint density at radius 3 is 2.80 bits per heavy atom. The van der Waals surface area contributed by atoms with Crippen LogP contribution in [0, 0.1) is 20.8 Å². The molecule has 2 aromatic rings. The Hall–Kier alpha value is -1.62. The molecular weight excluding hydrogens is 252 g/mol. The van der Waals surface area contributed by atoms with Crippen LogP contribution in [0.2, 0.25) is 0 Å². The van der Waals surface area contributed by atoms with Gasteiger partial charge in [-0.25, -0.2) is 0 Å². The second-order valence-corrected chi connectivity index (χ2v) is 5.80. The summed E-state index contributed by atoms with van der Waals surface area (Å²) in [6.07, 6.45) is 2.48. The molecule has 108 valence electrons. The summed E-state index contributed by atoms with van der Waals surface area (Å²) in [5.41, 5.74) is 3.37. The maximum absolute atomic E-state index is 5.16. The fourth-order valence-corrected chi connectivity index (χ4v) is 3.07. The Morgan fingerprint density at radius 1 is 1.30 bits per heavy atom. The van der Waals surface area contributed by atoms with Crippen molar-refractivity contribution in [2.24, 2.45) is 0 Å². The summed E-state index contributed by atoms with van der Waals surface area (Å²) in [6, 6.07) is 4.71. The maximum atomic E-state index is 5.16. The lowest BCUT2D eigenvalue weighted by Gasteiger charge is -2.23. The van der Waals surface area contributed by atoms with E-state index in [9.17, 15) is 0 Å². The Kier molecular flexibility index (Phi) is 3.61. The average Bonchev–Trinajstić information content (AvgIpc) is 3.05. The lowest BCUT2D eigenvalue weighted by atomic mass is 10.2. The quantitative estimate of drug-likeness (QED) is 0.859. The van der Waals surface area contributed by atoms with Crippen molar-refractivity contribution in [3.8, 4) is 0 Å². The minimum absolute atomic E-state index is 0.546. The number of rotatable bonds is 4. The Balaban J connectivity index is 1.67. The Morgan fingerprint density at radius 2 is 2.15 bits per heavy atom. The molecule has 20 heavy (non-hydrogen) atoms. The zero-order valence-corrected chi connectivity index (χ0v) is 12.5. The first kappa shape index (κ1) is 13.4. The summed E-state index contributed by atoms with van der Waals surface area (Å²) in [5, 5.41) is 8.68. The first-order chi connectivity index (χ1) is 9.61. The van der Waals surface area contributed by atoms with Gasteiger partial charge in [-0.3, -0.25) is 9.58 Å². The molecule has 1 atom stereocenters. The van der Waals surface area contributed by atoms with Gasteiger partial charge >= 0.3 is 0 Å². The summed E-state index contributed by atoms with van der Waals surface area (Å²) >= 11 is 0. The highest BCUT2D eigenvalue weighted by Gasteiger charge is 2.26. The van der Waals surface area contributed by atoms with E-state index < -0.39 is 0 Å². The van der Waals surface area contributed by atoms with Crippen molar-refractivity contribution in [2.75, 3.05) is 6.54 Å². The molecule has 0 spiro atoms. The molecule has 0 bridgehead atoms. The lowest BCUT2D eigenvalue weighted by Crippen LogP contribution is -2.33. The fraction of sp³-hybridized carbons (Fsp3) is 0.600. The molecule has 1 saturated heterocycles. The second kappa shape index (κ2) is 5.40. The predicted molar refractivity (Wildman–Crippen MR) is 76.4 cm³/mol. The van der Waals surface area contributed by atoms with Crippen molar-refractivity contribution in [2.45, 2.75) is 52.7 Å². The molecule has 0 amide bonds. The molecule has 0 aromatic carbocycles. The van der Waals surface area contributed by atoms with Crippen molar-refractivity contribution in [3.63, 3.8) is 0 Å². The first-order valence-corrected chi connectivity index (χ1v) is 7.29. The van der Waals surface area contributed by atoms with E-state index in [2.05, 4.69) is 32.8 Å². The number of nitrogens with zero attached hydrogens (tertiary/aromatic N) is 4. The van der Waals surface area contributed by atoms with Crippen LogP contribution >= 0.6 is 0 Å². The van der Waals surface area contributed by atoms with Crippen LogP contribution in [-0.2, 0) is 13.1 Å². The number of aromatic nitrogens is 3. The van der Waals surface area contributed by atoms with E-state index in [1.165, 1.54) is 18.5 Å². The highest BCUT2D eigenvalue weighted by molar-refractivity contribution is 5.07. The molecule has 3 rings (SSSR count). The summed E-state index contributed by atoms with van der Waals surface area (Å²) in [4.78, 5) is 2.49. The normalized spacial score (nSPS) is 19.9. The monoisotopic (exact) mass is 274 g/mol. The Labute approximate surface area is 119 Å². The molecule has 5 heteroatoms. The van der Waals surface area contributed by atoms with Crippen LogP contribution in [0.5, 0.6) is 0 Å². The molecule has 0 N–H and O–H groups in total. The van der Waals surface area contributed by atoms with E-state index in [1.807, 2.05) is 19.9 Å². The number of aryl methyl sites for hydroxylation is 3. The van der Waals surface area contributed by atoms with Crippen molar-refractivity contribution in [1.29, 1.82) is 0 Å². The van der Waals surface area contributed by atoms with Crippen molar-refractivity contribution in [3.05, 3.63) is 35.0 Å². The van der Waals surface area contributed by atoms with Crippen LogP contribution in [0.25, 0.3) is 0 Å². The minimum Gasteiger partial charge on any atom is -0.361 e. The van der Waals surface area contributed by atoms with Gasteiger partial charge in [0.15, 0.2) is 0 Å². The molecule has 2 aromatic heterocycles. The van der Waals surface area contributed by atoms with Crippen LogP contribution in [0.15, 0.2) is 16.7 Å². The van der Waals surface area contributed by atoms with Crippen molar-refractivity contribution < 1.29 is 4.52 Å². The summed E-state index contributed by atoms with van der Waals surface area (Å²) < 4.78 is 7.29. The lowest BCUT2D eigenvalue weighted by molar-refractivity contribution is 0.212. The molecule has 0 saturated carbocycles. The molecule has 5 nitrogen and oxygen atoms in total. The fourth-order valence-electron chi connectivity index (χ4n) is 3.07. The highest BCUT2D eigenvalue weighted by Crippen LogP contribution is 2.22. The summed E-state index contributed by atoms with van der Waals surface area (Å²) in [7, 11) is 0. The van der Waals surface area contributed by atoms with E-state index in [4.69, 9.17) is 4.52 Å². The zero-order valence-electron chi connectivity index (χ0n) is 12.5.